The third-order valence-electron chi connectivity index (χ3n) is 3.23. The number of aryl methyl sites for hydroxylation is 1. The lowest BCUT2D eigenvalue weighted by Crippen LogP contribution is -2.40. The Morgan fingerprint density at radius 1 is 1.38 bits per heavy atom. The molecule has 1 aromatic rings. The van der Waals surface area contributed by atoms with Crippen molar-refractivity contribution in [3.05, 3.63) is 36.4 Å². The molecule has 1 fully saturated rings. The van der Waals surface area contributed by atoms with Crippen LogP contribution < -0.4 is 5.32 Å². The van der Waals surface area contributed by atoms with Gasteiger partial charge in [0.05, 0.1) is 18.1 Å². The average molecular weight is 310 g/mol. The number of carbonyl (C=O) groups is 1. The summed E-state index contributed by atoms with van der Waals surface area (Å²) in [6.07, 6.45) is 1.13. The number of carbonyl (C=O) groups excluding carboxylic acids is 1. The van der Waals surface area contributed by atoms with Crippen LogP contribution in [-0.2, 0) is 19.6 Å². The maximum atomic E-state index is 12.7. The van der Waals surface area contributed by atoms with Crippen LogP contribution in [0.4, 0.5) is 5.69 Å². The highest BCUT2D eigenvalue weighted by molar-refractivity contribution is 7.89. The third-order valence-corrected chi connectivity index (χ3v) is 5.27. The molecule has 0 radical (unpaired) electrons. The summed E-state index contributed by atoms with van der Waals surface area (Å²) in [5.74, 6) is -0.381. The normalized spacial score (nSPS) is 16.4. The molecule has 1 N–H and O–H groups in total. The van der Waals surface area contributed by atoms with Gasteiger partial charge in [0, 0.05) is 18.8 Å². The molecule has 0 bridgehead atoms. The van der Waals surface area contributed by atoms with Crippen molar-refractivity contribution in [2.75, 3.05) is 31.6 Å². The number of morpholine rings is 1. The number of amides is 1. The van der Waals surface area contributed by atoms with E-state index in [1.165, 1.54) is 10.4 Å². The molecule has 2 rings (SSSR count). The number of rotatable bonds is 4. The van der Waals surface area contributed by atoms with Gasteiger partial charge in [-0.1, -0.05) is 12.6 Å². The molecular weight excluding hydrogens is 292 g/mol. The minimum atomic E-state index is -3.58. The highest BCUT2D eigenvalue weighted by Gasteiger charge is 2.27. The molecule has 0 unspecified atom stereocenters. The summed E-state index contributed by atoms with van der Waals surface area (Å²) in [4.78, 5) is 11.5. The SMILES string of the molecule is C=CC(=O)Nc1ccc(C)c(S(=O)(=O)N2CCOCC2)c1. The van der Waals surface area contributed by atoms with E-state index in [-0.39, 0.29) is 10.8 Å². The second-order valence-electron chi connectivity index (χ2n) is 4.69. The first-order valence-electron chi connectivity index (χ1n) is 6.57. The second-order valence-corrected chi connectivity index (χ2v) is 6.60. The fourth-order valence-corrected chi connectivity index (χ4v) is 3.73. The third kappa shape index (κ3) is 3.49. The van der Waals surface area contributed by atoms with Crippen LogP contribution in [0.25, 0.3) is 0 Å². The number of nitrogens with one attached hydrogen (secondary N) is 1. The van der Waals surface area contributed by atoms with Crippen molar-refractivity contribution in [1.29, 1.82) is 0 Å². The topological polar surface area (TPSA) is 75.7 Å². The monoisotopic (exact) mass is 310 g/mol. The van der Waals surface area contributed by atoms with E-state index in [2.05, 4.69) is 11.9 Å². The predicted octanol–water partition coefficient (Wildman–Crippen LogP) is 1.14. The molecule has 1 saturated heterocycles. The fourth-order valence-electron chi connectivity index (χ4n) is 2.08. The molecule has 0 aliphatic carbocycles. The van der Waals surface area contributed by atoms with E-state index in [4.69, 9.17) is 4.74 Å². The van der Waals surface area contributed by atoms with Crippen molar-refractivity contribution in [2.45, 2.75) is 11.8 Å². The summed E-state index contributed by atoms with van der Waals surface area (Å²) in [5.41, 5.74) is 1.07. The molecule has 1 aliphatic rings. The molecule has 7 heteroatoms. The van der Waals surface area contributed by atoms with Crippen molar-refractivity contribution < 1.29 is 17.9 Å². The quantitative estimate of drug-likeness (QED) is 0.846. The summed E-state index contributed by atoms with van der Waals surface area (Å²) >= 11 is 0. The highest BCUT2D eigenvalue weighted by Crippen LogP contribution is 2.24. The lowest BCUT2D eigenvalue weighted by atomic mass is 10.2. The number of hydrogen-bond donors (Lipinski definition) is 1. The van der Waals surface area contributed by atoms with Crippen molar-refractivity contribution >= 4 is 21.6 Å². The number of ether oxygens (including phenoxy) is 1. The van der Waals surface area contributed by atoms with Gasteiger partial charge in [-0.25, -0.2) is 8.42 Å². The molecule has 0 saturated carbocycles. The number of nitrogens with zero attached hydrogens (tertiary/aromatic N) is 1. The molecule has 0 spiro atoms. The Bertz CT molecular complexity index is 649. The molecule has 21 heavy (non-hydrogen) atoms. The van der Waals surface area contributed by atoms with E-state index in [0.29, 0.717) is 37.6 Å². The Kier molecular flexibility index (Phi) is 4.76. The Balaban J connectivity index is 2.35. The lowest BCUT2D eigenvalue weighted by Gasteiger charge is -2.26. The first kappa shape index (κ1) is 15.7. The first-order chi connectivity index (χ1) is 9.95. The van der Waals surface area contributed by atoms with Crippen LogP contribution >= 0.6 is 0 Å². The summed E-state index contributed by atoms with van der Waals surface area (Å²) in [5, 5.41) is 2.57. The van der Waals surface area contributed by atoms with Crippen LogP contribution in [-0.4, -0.2) is 44.9 Å². The predicted molar refractivity (Wildman–Crippen MR) is 79.6 cm³/mol. The van der Waals surface area contributed by atoms with Crippen LogP contribution in [0.5, 0.6) is 0 Å². The van der Waals surface area contributed by atoms with Gasteiger partial charge in [-0.2, -0.15) is 4.31 Å². The average Bonchev–Trinajstić information content (AvgIpc) is 2.49. The van der Waals surface area contributed by atoms with Crippen LogP contribution in [0.15, 0.2) is 35.7 Å². The first-order valence-corrected chi connectivity index (χ1v) is 8.01. The molecule has 1 heterocycles. The van der Waals surface area contributed by atoms with Gasteiger partial charge in [0.15, 0.2) is 0 Å². The van der Waals surface area contributed by atoms with Gasteiger partial charge in [-0.3, -0.25) is 4.79 Å². The molecule has 6 nitrogen and oxygen atoms in total. The maximum Gasteiger partial charge on any atom is 0.247 e. The van der Waals surface area contributed by atoms with Gasteiger partial charge in [0.1, 0.15) is 0 Å². The highest BCUT2D eigenvalue weighted by atomic mass is 32.2. The van der Waals surface area contributed by atoms with Crippen molar-refractivity contribution in [3.8, 4) is 0 Å². The molecule has 114 valence electrons. The smallest absolute Gasteiger partial charge is 0.247 e. The van der Waals surface area contributed by atoms with E-state index in [1.807, 2.05) is 0 Å². The Morgan fingerprint density at radius 3 is 2.67 bits per heavy atom. The van der Waals surface area contributed by atoms with E-state index >= 15 is 0 Å². The molecule has 0 aromatic heterocycles. The zero-order valence-electron chi connectivity index (χ0n) is 11.8. The minimum Gasteiger partial charge on any atom is -0.379 e. The van der Waals surface area contributed by atoms with Crippen LogP contribution in [0, 0.1) is 6.92 Å². The molecule has 1 aliphatic heterocycles. The maximum absolute atomic E-state index is 12.7. The van der Waals surface area contributed by atoms with Crippen molar-refractivity contribution in [2.24, 2.45) is 0 Å². The summed E-state index contributed by atoms with van der Waals surface area (Å²) in [7, 11) is -3.58. The largest absolute Gasteiger partial charge is 0.379 e. The fraction of sp³-hybridized carbons (Fsp3) is 0.357. The standard InChI is InChI=1S/C14H18N2O4S/c1-3-14(17)15-12-5-4-11(2)13(10-12)21(18,19)16-6-8-20-9-7-16/h3-5,10H,1,6-9H2,2H3,(H,15,17). The van der Waals surface area contributed by atoms with Gasteiger partial charge < -0.3 is 10.1 Å². The van der Waals surface area contributed by atoms with E-state index in [9.17, 15) is 13.2 Å². The minimum absolute atomic E-state index is 0.200. The van der Waals surface area contributed by atoms with E-state index in [0.717, 1.165) is 6.08 Å². The molecular formula is C14H18N2O4S. The zero-order valence-corrected chi connectivity index (χ0v) is 12.6. The number of anilines is 1. The van der Waals surface area contributed by atoms with Crippen LogP contribution in [0.3, 0.4) is 0 Å². The van der Waals surface area contributed by atoms with Gasteiger partial charge >= 0.3 is 0 Å². The molecule has 1 amide bonds. The Labute approximate surface area is 124 Å². The summed E-state index contributed by atoms with van der Waals surface area (Å²) in [6.45, 7) is 6.56. The van der Waals surface area contributed by atoms with E-state index in [1.54, 1.807) is 19.1 Å². The Morgan fingerprint density at radius 2 is 2.05 bits per heavy atom. The van der Waals surface area contributed by atoms with Crippen molar-refractivity contribution in [1.82, 2.24) is 4.31 Å². The van der Waals surface area contributed by atoms with Crippen LogP contribution in [0.1, 0.15) is 5.56 Å². The van der Waals surface area contributed by atoms with Gasteiger partial charge in [-0.05, 0) is 30.7 Å². The van der Waals surface area contributed by atoms with Crippen LogP contribution in [0.2, 0.25) is 0 Å². The second kappa shape index (κ2) is 6.38. The van der Waals surface area contributed by atoms with E-state index < -0.39 is 10.0 Å². The number of hydrogen-bond acceptors (Lipinski definition) is 4. The summed E-state index contributed by atoms with van der Waals surface area (Å²) in [6, 6.07) is 4.81. The number of benzene rings is 1. The lowest BCUT2D eigenvalue weighted by molar-refractivity contribution is -0.111. The van der Waals surface area contributed by atoms with Gasteiger partial charge in [-0.15, -0.1) is 0 Å². The Hall–Kier alpha value is -1.70. The van der Waals surface area contributed by atoms with Gasteiger partial charge in [0.2, 0.25) is 15.9 Å². The number of sulfonamides is 1. The van der Waals surface area contributed by atoms with Gasteiger partial charge in [0.25, 0.3) is 0 Å². The zero-order chi connectivity index (χ0) is 15.5. The van der Waals surface area contributed by atoms with Crippen molar-refractivity contribution in [3.63, 3.8) is 0 Å². The molecule has 0 atom stereocenters. The molecule has 1 aromatic carbocycles. The summed E-state index contributed by atoms with van der Waals surface area (Å²) < 4.78 is 31.9.